The summed E-state index contributed by atoms with van der Waals surface area (Å²) in [5, 5.41) is 3.34. The Morgan fingerprint density at radius 2 is 2.24 bits per heavy atom. The Morgan fingerprint density at radius 1 is 1.41 bits per heavy atom. The Bertz CT molecular complexity index is 548. The molecule has 0 amide bonds. The summed E-state index contributed by atoms with van der Waals surface area (Å²) in [6, 6.07) is 5.17. The predicted octanol–water partition coefficient (Wildman–Crippen LogP) is 3.35. The van der Waals surface area contributed by atoms with E-state index in [0.717, 1.165) is 11.6 Å². The second-order valence-electron chi connectivity index (χ2n) is 4.14. The van der Waals surface area contributed by atoms with Gasteiger partial charge in [-0.2, -0.15) is 0 Å². The van der Waals surface area contributed by atoms with E-state index in [9.17, 15) is 4.39 Å². The van der Waals surface area contributed by atoms with Crippen molar-refractivity contribution >= 4 is 21.9 Å². The summed E-state index contributed by atoms with van der Waals surface area (Å²) in [6.45, 7) is 0. The molecule has 17 heavy (non-hydrogen) atoms. The van der Waals surface area contributed by atoms with Gasteiger partial charge in [0.05, 0.1) is 5.69 Å². The number of anilines is 1. The van der Waals surface area contributed by atoms with Crippen molar-refractivity contribution in [3.05, 3.63) is 40.9 Å². The molecule has 1 saturated carbocycles. The third-order valence-corrected chi connectivity index (χ3v) is 3.36. The van der Waals surface area contributed by atoms with Crippen LogP contribution in [0.5, 0.6) is 0 Å². The molecule has 0 radical (unpaired) electrons. The van der Waals surface area contributed by atoms with Crippen LogP contribution >= 0.6 is 15.9 Å². The van der Waals surface area contributed by atoms with E-state index in [4.69, 9.17) is 0 Å². The zero-order chi connectivity index (χ0) is 11.8. The molecule has 2 aromatic rings. The van der Waals surface area contributed by atoms with E-state index in [2.05, 4.69) is 26.2 Å². The monoisotopic (exact) mass is 295 g/mol. The van der Waals surface area contributed by atoms with Gasteiger partial charge in [0.15, 0.2) is 0 Å². The van der Waals surface area contributed by atoms with Crippen LogP contribution in [-0.4, -0.2) is 15.6 Å². The van der Waals surface area contributed by atoms with Gasteiger partial charge in [-0.25, -0.2) is 9.37 Å². The average Bonchev–Trinajstić information content (AvgIpc) is 2.97. The van der Waals surface area contributed by atoms with Crippen molar-refractivity contribution in [2.24, 2.45) is 0 Å². The molecule has 0 atom stereocenters. The maximum Gasteiger partial charge on any atom is 0.207 e. The molecule has 0 saturated heterocycles. The van der Waals surface area contributed by atoms with Gasteiger partial charge < -0.3 is 5.32 Å². The second-order valence-corrected chi connectivity index (χ2v) is 4.99. The van der Waals surface area contributed by atoms with Gasteiger partial charge in [-0.1, -0.05) is 0 Å². The minimum absolute atomic E-state index is 0.252. The van der Waals surface area contributed by atoms with E-state index in [1.54, 1.807) is 12.3 Å². The van der Waals surface area contributed by atoms with Gasteiger partial charge in [-0.15, -0.1) is 0 Å². The Morgan fingerprint density at radius 3 is 2.94 bits per heavy atom. The molecule has 1 heterocycles. The van der Waals surface area contributed by atoms with Crippen molar-refractivity contribution in [3.8, 4) is 5.69 Å². The van der Waals surface area contributed by atoms with Gasteiger partial charge in [0.25, 0.3) is 0 Å². The van der Waals surface area contributed by atoms with Crippen LogP contribution in [0.2, 0.25) is 0 Å². The van der Waals surface area contributed by atoms with Crippen molar-refractivity contribution in [2.75, 3.05) is 5.32 Å². The molecule has 3 nitrogen and oxygen atoms in total. The van der Waals surface area contributed by atoms with Crippen molar-refractivity contribution < 1.29 is 4.39 Å². The van der Waals surface area contributed by atoms with Crippen molar-refractivity contribution in [1.82, 2.24) is 9.55 Å². The fraction of sp³-hybridized carbons (Fsp3) is 0.250. The molecule has 1 fully saturated rings. The van der Waals surface area contributed by atoms with E-state index in [0.29, 0.717) is 10.5 Å². The maximum atomic E-state index is 13.0. The fourth-order valence-corrected chi connectivity index (χ4v) is 2.23. The Kier molecular flexibility index (Phi) is 2.63. The minimum Gasteiger partial charge on any atom is -0.353 e. The van der Waals surface area contributed by atoms with Crippen LogP contribution in [0.4, 0.5) is 10.3 Å². The first-order chi connectivity index (χ1) is 8.24. The Hall–Kier alpha value is -1.36. The topological polar surface area (TPSA) is 29.9 Å². The number of hydrogen-bond acceptors (Lipinski definition) is 2. The molecule has 1 aromatic carbocycles. The van der Waals surface area contributed by atoms with Crippen molar-refractivity contribution in [1.29, 1.82) is 0 Å². The number of halogens is 2. The normalized spacial score (nSPS) is 14.9. The molecule has 1 aromatic heterocycles. The predicted molar refractivity (Wildman–Crippen MR) is 67.9 cm³/mol. The molecule has 88 valence electrons. The molecule has 5 heteroatoms. The molecular formula is C12H11BrFN3. The van der Waals surface area contributed by atoms with Crippen LogP contribution in [0, 0.1) is 5.82 Å². The molecule has 1 aliphatic rings. The summed E-state index contributed by atoms with van der Waals surface area (Å²) >= 11 is 3.37. The second kappa shape index (κ2) is 4.14. The highest BCUT2D eigenvalue weighted by molar-refractivity contribution is 9.10. The summed E-state index contributed by atoms with van der Waals surface area (Å²) in [4.78, 5) is 4.27. The quantitative estimate of drug-likeness (QED) is 0.941. The highest BCUT2D eigenvalue weighted by Gasteiger charge is 2.23. The van der Waals surface area contributed by atoms with E-state index >= 15 is 0 Å². The van der Waals surface area contributed by atoms with Crippen LogP contribution in [-0.2, 0) is 0 Å². The fourth-order valence-electron chi connectivity index (χ4n) is 1.69. The van der Waals surface area contributed by atoms with Crippen LogP contribution in [0.1, 0.15) is 12.8 Å². The summed E-state index contributed by atoms with van der Waals surface area (Å²) < 4.78 is 15.7. The number of aromatic nitrogens is 2. The average molecular weight is 296 g/mol. The van der Waals surface area contributed by atoms with Crippen molar-refractivity contribution in [3.63, 3.8) is 0 Å². The molecule has 0 spiro atoms. The highest BCUT2D eigenvalue weighted by atomic mass is 79.9. The third-order valence-electron chi connectivity index (χ3n) is 2.72. The molecule has 3 rings (SSSR count). The van der Waals surface area contributed by atoms with Gasteiger partial charge in [-0.05, 0) is 47.0 Å². The molecule has 0 unspecified atom stereocenters. The standard InChI is InChI=1S/C12H11BrFN3/c13-10-7-8(14)1-4-11(10)17-6-5-15-12(17)16-9-2-3-9/h1,4-7,9H,2-3H2,(H,15,16). The Balaban J connectivity index is 1.99. The largest absolute Gasteiger partial charge is 0.353 e. The van der Waals surface area contributed by atoms with Gasteiger partial charge in [0, 0.05) is 22.9 Å². The zero-order valence-electron chi connectivity index (χ0n) is 9.03. The van der Waals surface area contributed by atoms with Crippen LogP contribution in [0.3, 0.4) is 0 Å². The number of hydrogen-bond donors (Lipinski definition) is 1. The number of imidazole rings is 1. The number of nitrogens with zero attached hydrogens (tertiary/aromatic N) is 2. The maximum absolute atomic E-state index is 13.0. The summed E-state index contributed by atoms with van der Waals surface area (Å²) in [5.41, 5.74) is 0.882. The van der Waals surface area contributed by atoms with Crippen LogP contribution in [0.25, 0.3) is 5.69 Å². The molecule has 0 aliphatic heterocycles. The number of nitrogens with one attached hydrogen (secondary N) is 1. The highest BCUT2D eigenvalue weighted by Crippen LogP contribution is 2.28. The number of benzene rings is 1. The zero-order valence-corrected chi connectivity index (χ0v) is 10.6. The SMILES string of the molecule is Fc1ccc(-n2ccnc2NC2CC2)c(Br)c1. The Labute approximate surface area is 107 Å². The molecule has 1 aliphatic carbocycles. The van der Waals surface area contributed by atoms with E-state index in [-0.39, 0.29) is 5.82 Å². The molecule has 1 N–H and O–H groups in total. The van der Waals surface area contributed by atoms with E-state index < -0.39 is 0 Å². The minimum atomic E-state index is -0.252. The third kappa shape index (κ3) is 2.20. The lowest BCUT2D eigenvalue weighted by Crippen LogP contribution is -2.08. The summed E-state index contributed by atoms with van der Waals surface area (Å²) in [5.74, 6) is 0.553. The van der Waals surface area contributed by atoms with E-state index in [1.165, 1.54) is 25.0 Å². The summed E-state index contributed by atoms with van der Waals surface area (Å²) in [6.07, 6.45) is 5.98. The smallest absolute Gasteiger partial charge is 0.207 e. The van der Waals surface area contributed by atoms with E-state index in [1.807, 2.05) is 10.8 Å². The van der Waals surface area contributed by atoms with Crippen molar-refractivity contribution in [2.45, 2.75) is 18.9 Å². The van der Waals surface area contributed by atoms with Gasteiger partial charge in [0.1, 0.15) is 5.82 Å². The first-order valence-corrected chi connectivity index (χ1v) is 6.28. The number of rotatable bonds is 3. The van der Waals surface area contributed by atoms with Gasteiger partial charge in [0.2, 0.25) is 5.95 Å². The first-order valence-electron chi connectivity index (χ1n) is 5.49. The van der Waals surface area contributed by atoms with Gasteiger partial charge in [-0.3, -0.25) is 4.57 Å². The van der Waals surface area contributed by atoms with Crippen LogP contribution in [0.15, 0.2) is 35.1 Å². The van der Waals surface area contributed by atoms with Gasteiger partial charge >= 0.3 is 0 Å². The van der Waals surface area contributed by atoms with Crippen LogP contribution < -0.4 is 5.32 Å². The lowest BCUT2D eigenvalue weighted by Gasteiger charge is -2.10. The first kappa shape index (κ1) is 10.8. The summed E-state index contributed by atoms with van der Waals surface area (Å²) in [7, 11) is 0. The lowest BCUT2D eigenvalue weighted by molar-refractivity contribution is 0.626. The molecule has 0 bridgehead atoms. The molecular weight excluding hydrogens is 285 g/mol. The lowest BCUT2D eigenvalue weighted by atomic mass is 10.3.